The lowest BCUT2D eigenvalue weighted by Crippen LogP contribution is -2.35. The molecule has 1 spiro atoms. The van der Waals surface area contributed by atoms with Gasteiger partial charge in [0.05, 0.1) is 11.4 Å². The molecule has 0 N–H and O–H groups in total. The number of carbonyl (C=O) groups is 1. The zero-order valence-electron chi connectivity index (χ0n) is 13.5. The highest BCUT2D eigenvalue weighted by Gasteiger charge is 2.48. The maximum Gasteiger partial charge on any atom is 0.250 e. The Labute approximate surface area is 140 Å². The summed E-state index contributed by atoms with van der Waals surface area (Å²) in [6.07, 6.45) is 3.90. The van der Waals surface area contributed by atoms with Gasteiger partial charge < -0.3 is 4.90 Å². The fourth-order valence-electron chi connectivity index (χ4n) is 3.58. The molecule has 0 radical (unpaired) electrons. The summed E-state index contributed by atoms with van der Waals surface area (Å²) in [6, 6.07) is 10.3. The summed E-state index contributed by atoms with van der Waals surface area (Å²) < 4.78 is 14.0. The van der Waals surface area contributed by atoms with Crippen LogP contribution in [-0.4, -0.2) is 40.6 Å². The van der Waals surface area contributed by atoms with E-state index in [0.29, 0.717) is 5.56 Å². The zero-order chi connectivity index (χ0) is 16.7. The normalized spacial score (nSPS) is 23.2. The Kier molecular flexibility index (Phi) is 3.44. The first kappa shape index (κ1) is 15.0. The van der Waals surface area contributed by atoms with Gasteiger partial charge in [0.1, 0.15) is 11.4 Å². The lowest BCUT2D eigenvalue weighted by Gasteiger charge is -2.16. The van der Waals surface area contributed by atoms with Crippen LogP contribution in [0.3, 0.4) is 0 Å². The number of hydrogen-bond donors (Lipinski definition) is 0. The lowest BCUT2D eigenvalue weighted by atomic mass is 9.95. The van der Waals surface area contributed by atoms with Crippen LogP contribution in [0.1, 0.15) is 25.0 Å². The van der Waals surface area contributed by atoms with Crippen LogP contribution < -0.4 is 0 Å². The van der Waals surface area contributed by atoms with Gasteiger partial charge in [-0.25, -0.2) is 4.39 Å². The quantitative estimate of drug-likeness (QED) is 0.852. The molecule has 1 saturated heterocycles. The Morgan fingerprint density at radius 3 is 2.79 bits per heavy atom. The number of likely N-dealkylation sites (N-methyl/N-ethyl adjacent to an activating group) is 1. The van der Waals surface area contributed by atoms with Gasteiger partial charge in [0, 0.05) is 25.4 Å². The van der Waals surface area contributed by atoms with Gasteiger partial charge in [0.2, 0.25) is 5.91 Å². The van der Waals surface area contributed by atoms with E-state index in [1.165, 1.54) is 6.07 Å². The number of hydrogen-bond acceptors (Lipinski definition) is 3. The largest absolute Gasteiger partial charge is 0.344 e. The molecular weight excluding hydrogens is 305 g/mol. The second kappa shape index (κ2) is 5.51. The van der Waals surface area contributed by atoms with Crippen LogP contribution in [0.25, 0.3) is 11.1 Å². The Morgan fingerprint density at radius 1 is 1.21 bits per heavy atom. The van der Waals surface area contributed by atoms with Crippen LogP contribution in [0.15, 0.2) is 47.6 Å². The molecule has 1 amide bonds. The van der Waals surface area contributed by atoms with Crippen LogP contribution in [0, 0.1) is 5.82 Å². The highest BCUT2D eigenvalue weighted by Crippen LogP contribution is 2.37. The molecule has 24 heavy (non-hydrogen) atoms. The summed E-state index contributed by atoms with van der Waals surface area (Å²) in [4.78, 5) is 23.3. The Balaban J connectivity index is 1.70. The topological polar surface area (TPSA) is 45.6 Å². The van der Waals surface area contributed by atoms with E-state index in [1.54, 1.807) is 29.3 Å². The summed E-state index contributed by atoms with van der Waals surface area (Å²) in [5.74, 6) is -0.158. The van der Waals surface area contributed by atoms with Crippen LogP contribution >= 0.6 is 0 Å². The Bertz CT molecular complexity index is 848. The van der Waals surface area contributed by atoms with Gasteiger partial charge >= 0.3 is 0 Å². The molecule has 4 nitrogen and oxygen atoms in total. The molecule has 5 heteroatoms. The predicted octanol–water partition coefficient (Wildman–Crippen LogP) is 3.07. The van der Waals surface area contributed by atoms with Crippen molar-refractivity contribution >= 4 is 11.6 Å². The Hall–Kier alpha value is -2.56. The minimum Gasteiger partial charge on any atom is -0.344 e. The third-order valence-corrected chi connectivity index (χ3v) is 4.97. The van der Waals surface area contributed by atoms with Crippen LogP contribution in [0.4, 0.5) is 4.39 Å². The van der Waals surface area contributed by atoms with Crippen molar-refractivity contribution in [1.29, 1.82) is 0 Å². The maximum absolute atomic E-state index is 14.0. The molecule has 0 saturated carbocycles. The highest BCUT2D eigenvalue weighted by molar-refractivity contribution is 6.05. The van der Waals surface area contributed by atoms with Gasteiger partial charge in [-0.3, -0.25) is 14.8 Å². The number of nitrogens with zero attached hydrogens (tertiary/aromatic N) is 3. The van der Waals surface area contributed by atoms with Crippen molar-refractivity contribution in [3.05, 3.63) is 54.1 Å². The third-order valence-electron chi connectivity index (χ3n) is 4.97. The number of likely N-dealkylation sites (tertiary alicyclic amines) is 1. The van der Waals surface area contributed by atoms with Crippen molar-refractivity contribution in [1.82, 2.24) is 9.88 Å². The van der Waals surface area contributed by atoms with Crippen molar-refractivity contribution in [2.75, 3.05) is 13.6 Å². The SMILES string of the molecule is CN1CCC2(CCC(c3cc(-c4ccccc4F)ccn3)=N2)C1=O. The van der Waals surface area contributed by atoms with Gasteiger partial charge in [-0.2, -0.15) is 0 Å². The van der Waals surface area contributed by atoms with Crippen molar-refractivity contribution in [2.45, 2.75) is 24.8 Å². The van der Waals surface area contributed by atoms with Gasteiger partial charge in [-0.1, -0.05) is 18.2 Å². The number of aromatic nitrogens is 1. The van der Waals surface area contributed by atoms with Crippen LogP contribution in [0.2, 0.25) is 0 Å². The molecule has 0 bridgehead atoms. The zero-order valence-corrected chi connectivity index (χ0v) is 13.5. The highest BCUT2D eigenvalue weighted by atomic mass is 19.1. The van der Waals surface area contributed by atoms with E-state index >= 15 is 0 Å². The standard InChI is InChI=1S/C19H18FN3O/c1-23-11-9-19(18(23)24)8-6-16(22-19)17-12-13(7-10-21-17)14-4-2-3-5-15(14)20/h2-5,7,10,12H,6,8-9,11H2,1H3. The van der Waals surface area contributed by atoms with E-state index in [9.17, 15) is 9.18 Å². The molecule has 1 aromatic carbocycles. The van der Waals surface area contributed by atoms with Crippen molar-refractivity contribution in [3.63, 3.8) is 0 Å². The number of halogens is 1. The molecule has 4 rings (SSSR count). The molecule has 2 aromatic rings. The van der Waals surface area contributed by atoms with Gasteiger partial charge in [0.15, 0.2) is 0 Å². The molecule has 1 unspecified atom stereocenters. The minimum absolute atomic E-state index is 0.0998. The average molecular weight is 323 g/mol. The maximum atomic E-state index is 14.0. The van der Waals surface area contributed by atoms with E-state index < -0.39 is 5.54 Å². The molecule has 2 aliphatic rings. The number of carbonyl (C=O) groups excluding carboxylic acids is 1. The number of amides is 1. The smallest absolute Gasteiger partial charge is 0.250 e. The van der Waals surface area contributed by atoms with Crippen molar-refractivity contribution in [3.8, 4) is 11.1 Å². The molecular formula is C19H18FN3O. The van der Waals surface area contributed by atoms with Crippen LogP contribution in [0.5, 0.6) is 0 Å². The summed E-state index contributed by atoms with van der Waals surface area (Å²) >= 11 is 0. The lowest BCUT2D eigenvalue weighted by molar-refractivity contribution is -0.130. The van der Waals surface area contributed by atoms with Gasteiger partial charge in [-0.05, 0) is 43.0 Å². The minimum atomic E-state index is -0.597. The molecule has 2 aliphatic heterocycles. The summed E-state index contributed by atoms with van der Waals surface area (Å²) in [7, 11) is 1.82. The molecule has 3 heterocycles. The first-order valence-corrected chi connectivity index (χ1v) is 8.15. The fraction of sp³-hybridized carbons (Fsp3) is 0.316. The summed E-state index contributed by atoms with van der Waals surface area (Å²) in [5, 5.41) is 0. The number of pyridine rings is 1. The molecule has 1 fully saturated rings. The monoisotopic (exact) mass is 323 g/mol. The first-order valence-electron chi connectivity index (χ1n) is 8.15. The van der Waals surface area contributed by atoms with Crippen LogP contribution in [-0.2, 0) is 4.79 Å². The molecule has 122 valence electrons. The number of rotatable bonds is 2. The van der Waals surface area contributed by atoms with E-state index in [2.05, 4.69) is 4.98 Å². The second-order valence-electron chi connectivity index (χ2n) is 6.48. The van der Waals surface area contributed by atoms with Gasteiger partial charge in [-0.15, -0.1) is 0 Å². The molecule has 1 aromatic heterocycles. The van der Waals surface area contributed by atoms with E-state index in [0.717, 1.165) is 42.8 Å². The van der Waals surface area contributed by atoms with E-state index in [-0.39, 0.29) is 11.7 Å². The molecule has 1 atom stereocenters. The van der Waals surface area contributed by atoms with Crippen molar-refractivity contribution < 1.29 is 9.18 Å². The predicted molar refractivity (Wildman–Crippen MR) is 90.4 cm³/mol. The fourth-order valence-corrected chi connectivity index (χ4v) is 3.58. The summed E-state index contributed by atoms with van der Waals surface area (Å²) in [6.45, 7) is 0.748. The second-order valence-corrected chi connectivity index (χ2v) is 6.48. The van der Waals surface area contributed by atoms with Gasteiger partial charge in [0.25, 0.3) is 0 Å². The molecule has 0 aliphatic carbocycles. The average Bonchev–Trinajstić information content (AvgIpc) is 3.16. The number of benzene rings is 1. The number of aliphatic imine (C=N–C) groups is 1. The Morgan fingerprint density at radius 2 is 2.04 bits per heavy atom. The summed E-state index contributed by atoms with van der Waals surface area (Å²) in [5.41, 5.74) is 2.30. The van der Waals surface area contributed by atoms with E-state index in [4.69, 9.17) is 4.99 Å². The van der Waals surface area contributed by atoms with E-state index in [1.807, 2.05) is 19.2 Å². The first-order chi connectivity index (χ1) is 11.6. The van der Waals surface area contributed by atoms with Crippen molar-refractivity contribution in [2.24, 2.45) is 4.99 Å². The third kappa shape index (κ3) is 2.31.